The van der Waals surface area contributed by atoms with Gasteiger partial charge < -0.3 is 24.1 Å². The maximum atomic E-state index is 12.8. The molecule has 1 heterocycles. The largest absolute Gasteiger partial charge is 0.493 e. The Morgan fingerprint density at radius 3 is 2.48 bits per heavy atom. The topological polar surface area (TPSA) is 86.1 Å². The number of carbonyl (C=O) groups is 1. The number of hydrogen-bond donors (Lipinski definition) is 1. The molecule has 0 spiro atoms. The predicted octanol–water partition coefficient (Wildman–Crippen LogP) is 2.99. The summed E-state index contributed by atoms with van der Waals surface area (Å²) in [5, 5.41) is 6.68. The highest BCUT2D eigenvalue weighted by Gasteiger charge is 2.20. The monoisotopic (exact) mass is 349 g/mol. The standard InChI is InChI=1S/C17H23N3O5/c1-11-16(12(2)25-19-11)18-17(21)20(8-9-22-3)13-6-7-14(23-4)15(10-13)24-5/h6-7,10H,8-9H2,1-5H3,(H,18,21). The summed E-state index contributed by atoms with van der Waals surface area (Å²) in [5.74, 6) is 1.67. The lowest BCUT2D eigenvalue weighted by Crippen LogP contribution is -2.37. The van der Waals surface area contributed by atoms with Gasteiger partial charge in [0.1, 0.15) is 11.4 Å². The molecule has 0 saturated carbocycles. The van der Waals surface area contributed by atoms with Crippen LogP contribution in [0, 0.1) is 13.8 Å². The fourth-order valence-electron chi connectivity index (χ4n) is 2.36. The van der Waals surface area contributed by atoms with Gasteiger partial charge in [-0.25, -0.2) is 4.79 Å². The lowest BCUT2D eigenvalue weighted by atomic mass is 10.2. The number of nitrogens with one attached hydrogen (secondary N) is 1. The highest BCUT2D eigenvalue weighted by molar-refractivity contribution is 6.02. The molecule has 0 bridgehead atoms. The molecular weight excluding hydrogens is 326 g/mol. The number of urea groups is 1. The van der Waals surface area contributed by atoms with Crippen molar-refractivity contribution in [3.63, 3.8) is 0 Å². The number of anilines is 2. The molecule has 1 N–H and O–H groups in total. The number of aryl methyl sites for hydroxylation is 2. The molecular formula is C17H23N3O5. The molecule has 0 atom stereocenters. The van der Waals surface area contributed by atoms with Crippen LogP contribution in [0.1, 0.15) is 11.5 Å². The van der Waals surface area contributed by atoms with Gasteiger partial charge >= 0.3 is 6.03 Å². The molecule has 2 aromatic rings. The molecule has 0 radical (unpaired) electrons. The van der Waals surface area contributed by atoms with Crippen molar-refractivity contribution in [2.45, 2.75) is 13.8 Å². The van der Waals surface area contributed by atoms with Crippen LogP contribution >= 0.6 is 0 Å². The van der Waals surface area contributed by atoms with Gasteiger partial charge in [0.25, 0.3) is 0 Å². The summed E-state index contributed by atoms with van der Waals surface area (Å²) in [6, 6.07) is 4.95. The summed E-state index contributed by atoms with van der Waals surface area (Å²) >= 11 is 0. The molecule has 1 aromatic carbocycles. The average Bonchev–Trinajstić information content (AvgIpc) is 2.93. The number of benzene rings is 1. The third kappa shape index (κ3) is 4.21. The molecule has 8 heteroatoms. The van der Waals surface area contributed by atoms with Crippen molar-refractivity contribution in [3.8, 4) is 11.5 Å². The van der Waals surface area contributed by atoms with E-state index in [4.69, 9.17) is 18.7 Å². The van der Waals surface area contributed by atoms with Gasteiger partial charge in [0.05, 0.1) is 27.4 Å². The summed E-state index contributed by atoms with van der Waals surface area (Å²) in [7, 11) is 4.69. The van der Waals surface area contributed by atoms with Crippen LogP contribution in [0.3, 0.4) is 0 Å². The molecule has 136 valence electrons. The summed E-state index contributed by atoms with van der Waals surface area (Å²) in [5.41, 5.74) is 1.83. The lowest BCUT2D eigenvalue weighted by molar-refractivity contribution is 0.204. The van der Waals surface area contributed by atoms with Gasteiger partial charge in [-0.15, -0.1) is 0 Å². The molecule has 0 aliphatic carbocycles. The zero-order valence-corrected chi connectivity index (χ0v) is 15.1. The van der Waals surface area contributed by atoms with E-state index in [-0.39, 0.29) is 6.03 Å². The Hall–Kier alpha value is -2.74. The van der Waals surface area contributed by atoms with E-state index in [1.807, 2.05) is 0 Å². The van der Waals surface area contributed by atoms with E-state index in [1.165, 1.54) is 0 Å². The molecule has 0 saturated heterocycles. The van der Waals surface area contributed by atoms with Gasteiger partial charge in [-0.1, -0.05) is 5.16 Å². The highest BCUT2D eigenvalue weighted by atomic mass is 16.5. The SMILES string of the molecule is COCCN(C(=O)Nc1c(C)noc1C)c1ccc(OC)c(OC)c1. The first kappa shape index (κ1) is 18.6. The Bertz CT molecular complexity index is 710. The fourth-order valence-corrected chi connectivity index (χ4v) is 2.36. The molecule has 0 aliphatic rings. The van der Waals surface area contributed by atoms with E-state index in [9.17, 15) is 4.79 Å². The van der Waals surface area contributed by atoms with Crippen LogP contribution < -0.4 is 19.7 Å². The number of rotatable bonds is 7. The van der Waals surface area contributed by atoms with E-state index in [2.05, 4.69) is 10.5 Å². The molecule has 8 nitrogen and oxygen atoms in total. The molecule has 2 rings (SSSR count). The lowest BCUT2D eigenvalue weighted by Gasteiger charge is -2.23. The van der Waals surface area contributed by atoms with Crippen molar-refractivity contribution in [3.05, 3.63) is 29.7 Å². The predicted molar refractivity (Wildman–Crippen MR) is 93.8 cm³/mol. The quantitative estimate of drug-likeness (QED) is 0.827. The Kier molecular flexibility index (Phi) is 6.24. The van der Waals surface area contributed by atoms with Crippen LogP contribution in [0.4, 0.5) is 16.2 Å². The van der Waals surface area contributed by atoms with Gasteiger partial charge in [-0.3, -0.25) is 4.90 Å². The van der Waals surface area contributed by atoms with Crippen LogP contribution in [0.15, 0.2) is 22.7 Å². The summed E-state index contributed by atoms with van der Waals surface area (Å²) in [6.45, 7) is 4.25. The zero-order chi connectivity index (χ0) is 18.4. The van der Waals surface area contributed by atoms with Crippen LogP contribution in [-0.4, -0.2) is 45.7 Å². The highest BCUT2D eigenvalue weighted by Crippen LogP contribution is 2.32. The number of hydrogen-bond acceptors (Lipinski definition) is 6. The first-order valence-corrected chi connectivity index (χ1v) is 7.74. The minimum absolute atomic E-state index is 0.321. The average molecular weight is 349 g/mol. The van der Waals surface area contributed by atoms with Gasteiger partial charge in [-0.2, -0.15) is 0 Å². The number of nitrogens with zero attached hydrogens (tertiary/aromatic N) is 2. The van der Waals surface area contributed by atoms with E-state index in [0.717, 1.165) is 0 Å². The molecule has 0 aliphatic heterocycles. The second-order valence-electron chi connectivity index (χ2n) is 5.31. The summed E-state index contributed by atoms with van der Waals surface area (Å²) in [4.78, 5) is 14.3. The van der Waals surface area contributed by atoms with Gasteiger partial charge in [0.2, 0.25) is 0 Å². The van der Waals surface area contributed by atoms with Crippen LogP contribution in [-0.2, 0) is 4.74 Å². The third-order valence-electron chi connectivity index (χ3n) is 3.71. The number of carbonyl (C=O) groups excluding carboxylic acids is 1. The van der Waals surface area contributed by atoms with Crippen molar-refractivity contribution in [1.82, 2.24) is 5.16 Å². The van der Waals surface area contributed by atoms with Crippen LogP contribution in [0.2, 0.25) is 0 Å². The second-order valence-corrected chi connectivity index (χ2v) is 5.31. The van der Waals surface area contributed by atoms with Crippen molar-refractivity contribution in [2.75, 3.05) is 44.7 Å². The number of ether oxygens (including phenoxy) is 3. The van der Waals surface area contributed by atoms with Gasteiger partial charge in [0, 0.05) is 18.9 Å². The number of methoxy groups -OCH3 is 3. The van der Waals surface area contributed by atoms with Crippen molar-refractivity contribution in [1.29, 1.82) is 0 Å². The van der Waals surface area contributed by atoms with Crippen LogP contribution in [0.5, 0.6) is 11.5 Å². The smallest absolute Gasteiger partial charge is 0.326 e. The van der Waals surface area contributed by atoms with E-state index in [0.29, 0.717) is 47.5 Å². The fraction of sp³-hybridized carbons (Fsp3) is 0.412. The Labute approximate surface area is 146 Å². The first-order chi connectivity index (χ1) is 12.0. The second kappa shape index (κ2) is 8.39. The van der Waals surface area contributed by atoms with E-state index >= 15 is 0 Å². The Balaban J connectivity index is 2.30. The molecule has 0 unspecified atom stereocenters. The third-order valence-corrected chi connectivity index (χ3v) is 3.71. The van der Waals surface area contributed by atoms with Crippen molar-refractivity contribution in [2.24, 2.45) is 0 Å². The van der Waals surface area contributed by atoms with Crippen molar-refractivity contribution < 1.29 is 23.5 Å². The minimum Gasteiger partial charge on any atom is -0.493 e. The van der Waals surface area contributed by atoms with E-state index in [1.54, 1.807) is 58.3 Å². The van der Waals surface area contributed by atoms with Gasteiger partial charge in [-0.05, 0) is 26.0 Å². The maximum Gasteiger partial charge on any atom is 0.326 e. The first-order valence-electron chi connectivity index (χ1n) is 7.74. The normalized spacial score (nSPS) is 10.4. The number of aromatic nitrogens is 1. The van der Waals surface area contributed by atoms with E-state index < -0.39 is 0 Å². The molecule has 0 fully saturated rings. The maximum absolute atomic E-state index is 12.8. The van der Waals surface area contributed by atoms with Crippen LogP contribution in [0.25, 0.3) is 0 Å². The van der Waals surface area contributed by atoms with Crippen molar-refractivity contribution >= 4 is 17.4 Å². The molecule has 2 amide bonds. The minimum atomic E-state index is -0.321. The Morgan fingerprint density at radius 1 is 1.20 bits per heavy atom. The zero-order valence-electron chi connectivity index (χ0n) is 15.1. The molecule has 1 aromatic heterocycles. The summed E-state index contributed by atoms with van der Waals surface area (Å²) in [6.07, 6.45) is 0. The summed E-state index contributed by atoms with van der Waals surface area (Å²) < 4.78 is 20.8. The Morgan fingerprint density at radius 2 is 1.92 bits per heavy atom. The van der Waals surface area contributed by atoms with Gasteiger partial charge in [0.15, 0.2) is 17.3 Å². The number of amides is 2. The molecule has 25 heavy (non-hydrogen) atoms.